The molecule has 5 rings (SSSR count). The quantitative estimate of drug-likeness (QED) is 0.150. The fraction of sp³-hybridized carbons (Fsp3) is 0.389. The molecule has 232 valence electrons. The van der Waals surface area contributed by atoms with Gasteiger partial charge >= 0.3 is 0 Å². The van der Waals surface area contributed by atoms with Gasteiger partial charge in [0.2, 0.25) is 5.76 Å². The summed E-state index contributed by atoms with van der Waals surface area (Å²) in [6, 6.07) is 14.5. The van der Waals surface area contributed by atoms with Crippen LogP contribution in [-0.2, 0) is 6.42 Å². The smallest absolute Gasteiger partial charge is 0.290 e. The van der Waals surface area contributed by atoms with E-state index >= 15 is 0 Å². The van der Waals surface area contributed by atoms with E-state index in [1.165, 1.54) is 0 Å². The van der Waals surface area contributed by atoms with Gasteiger partial charge in [-0.05, 0) is 86.2 Å². The Kier molecular flexibility index (Phi) is 9.47. The number of rotatable bonds is 13. The average molecular weight is 600 g/mol. The number of unbranched alkanes of at least 4 members (excludes halogenated alkanes) is 2. The molecular formula is C36H41NO7. The van der Waals surface area contributed by atoms with Crippen LogP contribution in [0, 0.1) is 13.8 Å². The van der Waals surface area contributed by atoms with Crippen molar-refractivity contribution in [2.45, 2.75) is 59.4 Å². The Balaban J connectivity index is 1.59. The van der Waals surface area contributed by atoms with E-state index in [1.807, 2.05) is 69.3 Å². The number of carbonyl (C=O) groups is 1. The minimum absolute atomic E-state index is 0.0858. The van der Waals surface area contributed by atoms with Crippen LogP contribution in [0.2, 0.25) is 0 Å². The monoisotopic (exact) mass is 599 g/mol. The van der Waals surface area contributed by atoms with Crippen molar-refractivity contribution in [3.63, 3.8) is 0 Å². The molecule has 0 N–H and O–H groups in total. The largest absolute Gasteiger partial charge is 0.493 e. The first kappa shape index (κ1) is 31.0. The molecule has 0 radical (unpaired) electrons. The van der Waals surface area contributed by atoms with Gasteiger partial charge in [-0.2, -0.15) is 0 Å². The van der Waals surface area contributed by atoms with Gasteiger partial charge in [0.25, 0.3) is 5.91 Å². The van der Waals surface area contributed by atoms with Crippen LogP contribution in [0.15, 0.2) is 57.7 Å². The van der Waals surface area contributed by atoms with E-state index in [1.54, 1.807) is 19.1 Å². The number of nitrogens with zero attached hydrogens (tertiary/aromatic N) is 1. The first-order valence-corrected chi connectivity index (χ1v) is 15.3. The molecule has 8 heteroatoms. The molecule has 0 bridgehead atoms. The highest BCUT2D eigenvalue weighted by atomic mass is 16.5. The van der Waals surface area contributed by atoms with E-state index in [-0.39, 0.29) is 17.1 Å². The molecule has 0 saturated carbocycles. The van der Waals surface area contributed by atoms with Crippen molar-refractivity contribution >= 4 is 16.9 Å². The maximum atomic E-state index is 14.2. The molecule has 0 saturated heterocycles. The summed E-state index contributed by atoms with van der Waals surface area (Å²) in [5.74, 6) is 2.24. The Labute approximate surface area is 258 Å². The SMILES string of the molecule is CCCCCOc1ccc(C2c3c(oc4cc(C)cc(C)c4c3=O)C(=O)N2CCc2ccc(OC)c(OC)c2)cc1OCC. The Bertz CT molecular complexity index is 1720. The first-order valence-electron chi connectivity index (χ1n) is 15.3. The van der Waals surface area contributed by atoms with Crippen molar-refractivity contribution in [1.82, 2.24) is 4.90 Å². The standard InChI is InChI=1S/C36H41NO7/c1-7-9-10-17-43-27-14-12-25(21-29(27)42-8-2)33-32-34(38)31-23(4)18-22(3)19-30(31)44-35(32)36(39)37(33)16-15-24-11-13-26(40-5)28(20-24)41-6/h11-14,18-21,33H,7-10,15-17H2,1-6H3. The molecule has 1 unspecified atom stereocenters. The van der Waals surface area contributed by atoms with Crippen molar-refractivity contribution in [1.29, 1.82) is 0 Å². The lowest BCUT2D eigenvalue weighted by Gasteiger charge is -2.26. The molecule has 44 heavy (non-hydrogen) atoms. The molecule has 1 aromatic heterocycles. The van der Waals surface area contributed by atoms with Crippen molar-refractivity contribution < 1.29 is 28.2 Å². The summed E-state index contributed by atoms with van der Waals surface area (Å²) in [6.45, 7) is 9.30. The van der Waals surface area contributed by atoms with Gasteiger partial charge in [0.1, 0.15) is 5.58 Å². The Hall–Kier alpha value is -4.46. The number of hydrogen-bond acceptors (Lipinski definition) is 7. The number of ether oxygens (including phenoxy) is 4. The molecule has 4 aromatic rings. The van der Waals surface area contributed by atoms with E-state index < -0.39 is 6.04 Å². The summed E-state index contributed by atoms with van der Waals surface area (Å²) in [7, 11) is 3.19. The summed E-state index contributed by atoms with van der Waals surface area (Å²) in [5, 5.41) is 0.495. The summed E-state index contributed by atoms with van der Waals surface area (Å²) in [4.78, 5) is 30.0. The number of amides is 1. The highest BCUT2D eigenvalue weighted by molar-refractivity contribution is 5.99. The van der Waals surface area contributed by atoms with E-state index in [0.717, 1.165) is 41.5 Å². The van der Waals surface area contributed by atoms with Crippen molar-refractivity contribution in [3.05, 3.63) is 92.3 Å². The zero-order valence-corrected chi connectivity index (χ0v) is 26.5. The highest BCUT2D eigenvalue weighted by Crippen LogP contribution is 2.42. The third-order valence-corrected chi connectivity index (χ3v) is 8.09. The molecule has 1 atom stereocenters. The number of benzene rings is 3. The van der Waals surface area contributed by atoms with Gasteiger partial charge in [-0.1, -0.05) is 38.0 Å². The number of methoxy groups -OCH3 is 2. The van der Waals surface area contributed by atoms with Crippen LogP contribution in [0.4, 0.5) is 0 Å². The Morgan fingerprint density at radius 2 is 1.61 bits per heavy atom. The second kappa shape index (κ2) is 13.5. The predicted molar refractivity (Wildman–Crippen MR) is 171 cm³/mol. The van der Waals surface area contributed by atoms with Crippen LogP contribution in [0.25, 0.3) is 11.0 Å². The number of fused-ring (bicyclic) bond motifs is 2. The topological polar surface area (TPSA) is 87.4 Å². The molecule has 0 spiro atoms. The molecule has 0 aliphatic carbocycles. The van der Waals surface area contributed by atoms with Crippen molar-refractivity contribution in [3.8, 4) is 23.0 Å². The maximum Gasteiger partial charge on any atom is 0.290 e. The normalized spacial score (nSPS) is 14.2. The summed E-state index contributed by atoms with van der Waals surface area (Å²) < 4.78 is 29.2. The molecule has 1 aliphatic heterocycles. The summed E-state index contributed by atoms with van der Waals surface area (Å²) in [5.41, 5.74) is 4.08. The minimum atomic E-state index is -0.660. The zero-order chi connectivity index (χ0) is 31.4. The van der Waals surface area contributed by atoms with Crippen LogP contribution >= 0.6 is 0 Å². The van der Waals surface area contributed by atoms with Gasteiger partial charge in [0.05, 0.1) is 44.4 Å². The second-order valence-corrected chi connectivity index (χ2v) is 11.2. The van der Waals surface area contributed by atoms with E-state index in [2.05, 4.69) is 6.92 Å². The average Bonchev–Trinajstić information content (AvgIpc) is 3.29. The predicted octanol–water partition coefficient (Wildman–Crippen LogP) is 7.18. The molecule has 2 heterocycles. The molecule has 1 aliphatic rings. The van der Waals surface area contributed by atoms with E-state index in [0.29, 0.717) is 65.7 Å². The van der Waals surface area contributed by atoms with Crippen LogP contribution in [0.3, 0.4) is 0 Å². The lowest BCUT2D eigenvalue weighted by atomic mass is 9.96. The lowest BCUT2D eigenvalue weighted by Crippen LogP contribution is -2.31. The molecule has 8 nitrogen and oxygen atoms in total. The number of aryl methyl sites for hydroxylation is 2. The van der Waals surface area contributed by atoms with Crippen LogP contribution in [-0.4, -0.2) is 44.8 Å². The van der Waals surface area contributed by atoms with Gasteiger partial charge in [-0.3, -0.25) is 9.59 Å². The molecule has 3 aromatic carbocycles. The van der Waals surface area contributed by atoms with Crippen molar-refractivity contribution in [2.24, 2.45) is 0 Å². The Morgan fingerprint density at radius 3 is 2.34 bits per heavy atom. The minimum Gasteiger partial charge on any atom is -0.493 e. The number of hydrogen-bond donors (Lipinski definition) is 0. The molecular weight excluding hydrogens is 558 g/mol. The third kappa shape index (κ3) is 5.98. The summed E-state index contributed by atoms with van der Waals surface area (Å²) in [6.07, 6.45) is 3.66. The third-order valence-electron chi connectivity index (χ3n) is 8.09. The van der Waals surface area contributed by atoms with Gasteiger partial charge in [0, 0.05) is 6.54 Å². The zero-order valence-electron chi connectivity index (χ0n) is 26.5. The van der Waals surface area contributed by atoms with Gasteiger partial charge in [-0.25, -0.2) is 0 Å². The van der Waals surface area contributed by atoms with Crippen LogP contribution in [0.5, 0.6) is 23.0 Å². The fourth-order valence-electron chi connectivity index (χ4n) is 5.99. The fourth-order valence-corrected chi connectivity index (χ4v) is 5.99. The maximum absolute atomic E-state index is 14.2. The van der Waals surface area contributed by atoms with Crippen LogP contribution in [0.1, 0.15) is 77.5 Å². The second-order valence-electron chi connectivity index (χ2n) is 11.2. The lowest BCUT2D eigenvalue weighted by molar-refractivity contribution is 0.0729. The summed E-state index contributed by atoms with van der Waals surface area (Å²) >= 11 is 0. The van der Waals surface area contributed by atoms with E-state index in [4.69, 9.17) is 23.4 Å². The Morgan fingerprint density at radius 1 is 0.841 bits per heavy atom. The van der Waals surface area contributed by atoms with Gasteiger partial charge in [0.15, 0.2) is 28.4 Å². The first-order chi connectivity index (χ1) is 21.3. The van der Waals surface area contributed by atoms with Crippen molar-refractivity contribution in [2.75, 3.05) is 34.0 Å². The highest BCUT2D eigenvalue weighted by Gasteiger charge is 2.43. The van der Waals surface area contributed by atoms with E-state index in [9.17, 15) is 9.59 Å². The van der Waals surface area contributed by atoms with Crippen LogP contribution < -0.4 is 24.4 Å². The number of carbonyl (C=O) groups excluding carboxylic acids is 1. The van der Waals surface area contributed by atoms with Gasteiger partial charge in [-0.15, -0.1) is 0 Å². The van der Waals surface area contributed by atoms with Gasteiger partial charge < -0.3 is 28.3 Å². The molecule has 1 amide bonds. The molecule has 0 fully saturated rings.